The molecule has 2 aromatic rings. The van der Waals surface area contributed by atoms with Crippen LogP contribution < -0.4 is 9.47 Å². The van der Waals surface area contributed by atoms with E-state index in [2.05, 4.69) is 20.9 Å². The molecule has 19 heavy (non-hydrogen) atoms. The smallest absolute Gasteiger partial charge is 0.138 e. The number of pyridine rings is 1. The van der Waals surface area contributed by atoms with Crippen molar-refractivity contribution in [2.45, 2.75) is 13.0 Å². The third kappa shape index (κ3) is 2.85. The second-order valence-corrected chi connectivity index (χ2v) is 5.51. The molecular formula is C14H11BrClNO2. The van der Waals surface area contributed by atoms with Crippen molar-refractivity contribution < 1.29 is 9.47 Å². The van der Waals surface area contributed by atoms with Gasteiger partial charge in [-0.1, -0.05) is 11.6 Å². The lowest BCUT2D eigenvalue weighted by atomic mass is 10.1. The highest BCUT2D eigenvalue weighted by Gasteiger charge is 2.17. The van der Waals surface area contributed by atoms with Crippen LogP contribution in [0.3, 0.4) is 0 Å². The first-order valence-electron chi connectivity index (χ1n) is 5.91. The molecule has 5 heteroatoms. The van der Waals surface area contributed by atoms with Crippen molar-refractivity contribution in [1.82, 2.24) is 4.98 Å². The Morgan fingerprint density at radius 1 is 1.37 bits per heavy atom. The van der Waals surface area contributed by atoms with Gasteiger partial charge in [0.25, 0.3) is 0 Å². The van der Waals surface area contributed by atoms with Crippen molar-refractivity contribution >= 4 is 27.5 Å². The number of halogens is 2. The molecule has 0 saturated heterocycles. The predicted octanol–water partition coefficient (Wildman–Crippen LogP) is 4.01. The molecule has 1 aliphatic rings. The third-order valence-corrected chi connectivity index (χ3v) is 3.61. The summed E-state index contributed by atoms with van der Waals surface area (Å²) in [5, 5.41) is 0.719. The van der Waals surface area contributed by atoms with Crippen LogP contribution in [0.5, 0.6) is 11.5 Å². The lowest BCUT2D eigenvalue weighted by Gasteiger charge is -2.10. The molecule has 0 radical (unpaired) electrons. The summed E-state index contributed by atoms with van der Waals surface area (Å²) in [7, 11) is 0. The lowest BCUT2D eigenvalue weighted by molar-refractivity contribution is 0.291. The molecule has 0 fully saturated rings. The maximum atomic E-state index is 6.10. The first kappa shape index (κ1) is 12.8. The van der Waals surface area contributed by atoms with Crippen molar-refractivity contribution in [3.05, 3.63) is 51.2 Å². The Morgan fingerprint density at radius 2 is 2.26 bits per heavy atom. The van der Waals surface area contributed by atoms with Gasteiger partial charge in [0.1, 0.15) is 22.7 Å². The van der Waals surface area contributed by atoms with Crippen molar-refractivity contribution in [2.24, 2.45) is 0 Å². The van der Waals surface area contributed by atoms with Gasteiger partial charge in [0.15, 0.2) is 0 Å². The highest BCUT2D eigenvalue weighted by Crippen LogP contribution is 2.33. The number of benzene rings is 1. The summed E-state index contributed by atoms with van der Waals surface area (Å²) in [6.45, 7) is 1.13. The average Bonchev–Trinajstić information content (AvgIpc) is 2.85. The minimum absolute atomic E-state index is 0.423. The summed E-state index contributed by atoms with van der Waals surface area (Å²) in [5.41, 5.74) is 2.13. The van der Waals surface area contributed by atoms with Gasteiger partial charge in [0, 0.05) is 17.0 Å². The Labute approximate surface area is 124 Å². The summed E-state index contributed by atoms with van der Waals surface area (Å²) in [6.07, 6.45) is 2.58. The number of aromatic nitrogens is 1. The predicted molar refractivity (Wildman–Crippen MR) is 76.9 cm³/mol. The minimum Gasteiger partial charge on any atom is -0.493 e. The van der Waals surface area contributed by atoms with E-state index < -0.39 is 0 Å². The van der Waals surface area contributed by atoms with Gasteiger partial charge in [-0.2, -0.15) is 0 Å². The molecule has 0 atom stereocenters. The lowest BCUT2D eigenvalue weighted by Crippen LogP contribution is -1.99. The molecule has 3 nitrogen and oxygen atoms in total. The van der Waals surface area contributed by atoms with Gasteiger partial charge in [-0.3, -0.25) is 0 Å². The van der Waals surface area contributed by atoms with E-state index in [0.717, 1.165) is 38.7 Å². The van der Waals surface area contributed by atoms with Crippen LogP contribution >= 0.6 is 27.5 Å². The van der Waals surface area contributed by atoms with E-state index in [1.165, 1.54) is 0 Å². The van der Waals surface area contributed by atoms with E-state index in [0.29, 0.717) is 13.2 Å². The fourth-order valence-electron chi connectivity index (χ4n) is 2.06. The van der Waals surface area contributed by atoms with Gasteiger partial charge in [-0.05, 0) is 45.8 Å². The third-order valence-electron chi connectivity index (χ3n) is 2.92. The zero-order valence-electron chi connectivity index (χ0n) is 10.0. The normalized spacial score (nSPS) is 12.9. The van der Waals surface area contributed by atoms with E-state index in [4.69, 9.17) is 21.1 Å². The van der Waals surface area contributed by atoms with Crippen molar-refractivity contribution in [1.29, 1.82) is 0 Å². The van der Waals surface area contributed by atoms with Crippen molar-refractivity contribution in [3.8, 4) is 11.5 Å². The first-order chi connectivity index (χ1) is 9.22. The molecule has 0 saturated carbocycles. The number of rotatable bonds is 3. The molecule has 3 rings (SSSR count). The molecule has 0 aliphatic carbocycles. The van der Waals surface area contributed by atoms with Crippen molar-refractivity contribution in [2.75, 3.05) is 6.61 Å². The van der Waals surface area contributed by atoms with E-state index in [1.54, 1.807) is 6.20 Å². The van der Waals surface area contributed by atoms with Crippen LogP contribution in [0.2, 0.25) is 5.02 Å². The monoisotopic (exact) mass is 339 g/mol. The van der Waals surface area contributed by atoms with Crippen LogP contribution in [0.25, 0.3) is 0 Å². The van der Waals surface area contributed by atoms with Gasteiger partial charge in [0.05, 0.1) is 12.8 Å². The molecular weight excluding hydrogens is 330 g/mol. The van der Waals surface area contributed by atoms with E-state index in [-0.39, 0.29) is 0 Å². The second kappa shape index (κ2) is 5.39. The van der Waals surface area contributed by atoms with E-state index >= 15 is 0 Å². The zero-order valence-corrected chi connectivity index (χ0v) is 12.4. The number of fused-ring (bicyclic) bond motifs is 1. The maximum Gasteiger partial charge on any atom is 0.138 e. The number of nitrogens with zero attached hydrogens (tertiary/aromatic N) is 1. The molecule has 2 heterocycles. The minimum atomic E-state index is 0.423. The van der Waals surface area contributed by atoms with Crippen LogP contribution in [-0.2, 0) is 13.0 Å². The Kier molecular flexibility index (Phi) is 3.62. The molecule has 0 spiro atoms. The largest absolute Gasteiger partial charge is 0.493 e. The summed E-state index contributed by atoms with van der Waals surface area (Å²) in [4.78, 5) is 4.12. The van der Waals surface area contributed by atoms with Crippen LogP contribution in [0.4, 0.5) is 0 Å². The van der Waals surface area contributed by atoms with Crippen LogP contribution in [0.15, 0.2) is 35.1 Å². The average molecular weight is 341 g/mol. The summed E-state index contributed by atoms with van der Waals surface area (Å²) < 4.78 is 12.1. The first-order valence-corrected chi connectivity index (χ1v) is 7.08. The van der Waals surface area contributed by atoms with Crippen LogP contribution in [-0.4, -0.2) is 11.6 Å². The Bertz CT molecular complexity index is 601. The molecule has 0 amide bonds. The fourth-order valence-corrected chi connectivity index (χ4v) is 2.56. The summed E-state index contributed by atoms with van der Waals surface area (Å²) in [5.74, 6) is 1.63. The Morgan fingerprint density at radius 3 is 3.05 bits per heavy atom. The SMILES string of the molecule is Clc1cc2c(c(COc3ccc(Br)nc3)c1)OCC2. The summed E-state index contributed by atoms with van der Waals surface area (Å²) in [6, 6.07) is 7.55. The van der Waals surface area contributed by atoms with Gasteiger partial charge < -0.3 is 9.47 Å². The highest BCUT2D eigenvalue weighted by molar-refractivity contribution is 9.10. The van der Waals surface area contributed by atoms with Gasteiger partial charge >= 0.3 is 0 Å². The summed E-state index contributed by atoms with van der Waals surface area (Å²) >= 11 is 9.39. The molecule has 1 aliphatic heterocycles. The molecule has 0 bridgehead atoms. The molecule has 0 unspecified atom stereocenters. The Hall–Kier alpha value is -1.26. The fraction of sp³-hybridized carbons (Fsp3) is 0.214. The highest BCUT2D eigenvalue weighted by atomic mass is 79.9. The van der Waals surface area contributed by atoms with Crippen molar-refractivity contribution in [3.63, 3.8) is 0 Å². The van der Waals surface area contributed by atoms with E-state index in [1.807, 2.05) is 24.3 Å². The van der Waals surface area contributed by atoms with Crippen LogP contribution in [0, 0.1) is 0 Å². The van der Waals surface area contributed by atoms with Gasteiger partial charge in [-0.15, -0.1) is 0 Å². The quantitative estimate of drug-likeness (QED) is 0.791. The molecule has 0 N–H and O–H groups in total. The number of ether oxygens (including phenoxy) is 2. The Balaban J connectivity index is 1.78. The van der Waals surface area contributed by atoms with Gasteiger partial charge in [-0.25, -0.2) is 4.98 Å². The molecule has 1 aromatic carbocycles. The molecule has 98 valence electrons. The topological polar surface area (TPSA) is 31.4 Å². The number of hydrogen-bond acceptors (Lipinski definition) is 3. The van der Waals surface area contributed by atoms with E-state index in [9.17, 15) is 0 Å². The molecule has 1 aromatic heterocycles. The maximum absolute atomic E-state index is 6.10. The number of hydrogen-bond donors (Lipinski definition) is 0. The van der Waals surface area contributed by atoms with Gasteiger partial charge in [0.2, 0.25) is 0 Å². The zero-order chi connectivity index (χ0) is 13.2. The standard InChI is InChI=1S/C14H11BrClNO2/c15-13-2-1-12(7-17-13)19-8-10-6-11(16)5-9-3-4-18-14(9)10/h1-2,5-7H,3-4,8H2. The van der Waals surface area contributed by atoms with Crippen LogP contribution in [0.1, 0.15) is 11.1 Å². The second-order valence-electron chi connectivity index (χ2n) is 4.26.